The quantitative estimate of drug-likeness (QED) is 0.683. The molecule has 0 aliphatic rings. The molecule has 1 rings (SSSR count). The Kier molecular flexibility index (Phi) is 5.11. The Balaban J connectivity index is 2.55. The predicted molar refractivity (Wildman–Crippen MR) is 65.8 cm³/mol. The molecule has 0 saturated heterocycles. The van der Waals surface area contributed by atoms with E-state index in [1.807, 2.05) is 20.8 Å². The first-order valence-electron chi connectivity index (χ1n) is 5.71. The molecule has 1 atom stereocenters. The molecule has 4 N–H and O–H groups in total. The lowest BCUT2D eigenvalue weighted by Crippen LogP contribution is -2.29. The predicted octanol–water partition coefficient (Wildman–Crippen LogP) is 0.719. The molecule has 0 spiro atoms. The third-order valence-corrected chi connectivity index (χ3v) is 2.47. The number of aromatic amines is 1. The molecule has 6 nitrogen and oxygen atoms in total. The SMILES string of the molecule is CCOC(CN)CC(=O)Nc1c(C)n[nH]c1C. The van der Waals surface area contributed by atoms with E-state index in [9.17, 15) is 4.79 Å². The average molecular weight is 240 g/mol. The Morgan fingerprint density at radius 3 is 2.76 bits per heavy atom. The third-order valence-electron chi connectivity index (χ3n) is 2.47. The summed E-state index contributed by atoms with van der Waals surface area (Å²) in [6.07, 6.45) is 0.0292. The molecule has 0 bridgehead atoms. The Labute approximate surface area is 101 Å². The zero-order valence-corrected chi connectivity index (χ0v) is 10.5. The van der Waals surface area contributed by atoms with Crippen molar-refractivity contribution in [1.82, 2.24) is 10.2 Å². The molecular weight excluding hydrogens is 220 g/mol. The van der Waals surface area contributed by atoms with Gasteiger partial charge in [0.15, 0.2) is 0 Å². The maximum absolute atomic E-state index is 11.8. The lowest BCUT2D eigenvalue weighted by atomic mass is 10.2. The van der Waals surface area contributed by atoms with Gasteiger partial charge in [-0.25, -0.2) is 0 Å². The highest BCUT2D eigenvalue weighted by molar-refractivity contribution is 5.92. The van der Waals surface area contributed by atoms with Gasteiger partial charge in [-0.05, 0) is 20.8 Å². The monoisotopic (exact) mass is 240 g/mol. The van der Waals surface area contributed by atoms with Gasteiger partial charge in [0, 0.05) is 13.2 Å². The van der Waals surface area contributed by atoms with Gasteiger partial charge in [-0.2, -0.15) is 5.10 Å². The van der Waals surface area contributed by atoms with Crippen LogP contribution in [-0.2, 0) is 9.53 Å². The number of anilines is 1. The third kappa shape index (κ3) is 3.83. The van der Waals surface area contributed by atoms with E-state index in [1.54, 1.807) is 0 Å². The van der Waals surface area contributed by atoms with Crippen LogP contribution < -0.4 is 11.1 Å². The molecule has 1 heterocycles. The van der Waals surface area contributed by atoms with Crippen LogP contribution in [0.15, 0.2) is 0 Å². The molecule has 0 aliphatic carbocycles. The molecule has 96 valence electrons. The molecule has 6 heteroatoms. The molecule has 1 aromatic heterocycles. The van der Waals surface area contributed by atoms with E-state index in [1.165, 1.54) is 0 Å². The smallest absolute Gasteiger partial charge is 0.227 e. The second-order valence-corrected chi connectivity index (χ2v) is 3.87. The van der Waals surface area contributed by atoms with E-state index in [-0.39, 0.29) is 18.4 Å². The Bertz CT molecular complexity index is 356. The largest absolute Gasteiger partial charge is 0.377 e. The number of rotatable bonds is 6. The lowest BCUT2D eigenvalue weighted by Gasteiger charge is -2.14. The summed E-state index contributed by atoms with van der Waals surface area (Å²) in [6.45, 7) is 6.47. The van der Waals surface area contributed by atoms with Crippen LogP contribution in [-0.4, -0.2) is 35.4 Å². The van der Waals surface area contributed by atoms with Crippen molar-refractivity contribution in [3.05, 3.63) is 11.4 Å². The van der Waals surface area contributed by atoms with Crippen molar-refractivity contribution in [2.24, 2.45) is 5.73 Å². The molecular formula is C11H20N4O2. The lowest BCUT2D eigenvalue weighted by molar-refractivity contribution is -0.118. The van der Waals surface area contributed by atoms with Crippen molar-refractivity contribution in [1.29, 1.82) is 0 Å². The van der Waals surface area contributed by atoms with Gasteiger partial charge in [-0.1, -0.05) is 0 Å². The molecule has 1 unspecified atom stereocenters. The molecule has 1 amide bonds. The number of hydrogen-bond donors (Lipinski definition) is 3. The van der Waals surface area contributed by atoms with Crippen molar-refractivity contribution < 1.29 is 9.53 Å². The van der Waals surface area contributed by atoms with Gasteiger partial charge < -0.3 is 15.8 Å². The van der Waals surface area contributed by atoms with E-state index < -0.39 is 0 Å². The fourth-order valence-corrected chi connectivity index (χ4v) is 1.58. The fourth-order valence-electron chi connectivity index (χ4n) is 1.58. The van der Waals surface area contributed by atoms with E-state index >= 15 is 0 Å². The number of H-pyrrole nitrogens is 1. The highest BCUT2D eigenvalue weighted by Gasteiger charge is 2.15. The minimum atomic E-state index is -0.229. The summed E-state index contributed by atoms with van der Waals surface area (Å²) in [7, 11) is 0. The number of nitrogens with zero attached hydrogens (tertiary/aromatic N) is 1. The van der Waals surface area contributed by atoms with Crippen LogP contribution in [0.2, 0.25) is 0 Å². The van der Waals surface area contributed by atoms with Crippen molar-refractivity contribution in [2.75, 3.05) is 18.5 Å². The van der Waals surface area contributed by atoms with Crippen molar-refractivity contribution in [3.8, 4) is 0 Å². The minimum absolute atomic E-state index is 0.110. The van der Waals surface area contributed by atoms with E-state index in [0.29, 0.717) is 13.2 Å². The topological polar surface area (TPSA) is 93.0 Å². The van der Waals surface area contributed by atoms with E-state index in [4.69, 9.17) is 10.5 Å². The summed E-state index contributed by atoms with van der Waals surface area (Å²) < 4.78 is 5.33. The zero-order chi connectivity index (χ0) is 12.8. The Morgan fingerprint density at radius 2 is 2.29 bits per heavy atom. The summed E-state index contributed by atoms with van der Waals surface area (Å²) in [6, 6.07) is 0. The maximum atomic E-state index is 11.8. The molecule has 0 aliphatic heterocycles. The number of ether oxygens (including phenoxy) is 1. The number of carbonyl (C=O) groups excluding carboxylic acids is 1. The molecule has 0 fully saturated rings. The standard InChI is InChI=1S/C11H20N4O2/c1-4-17-9(6-12)5-10(16)13-11-7(2)14-15-8(11)3/h9H,4-6,12H2,1-3H3,(H,13,16)(H,14,15). The Morgan fingerprint density at radius 1 is 1.59 bits per heavy atom. The molecule has 0 aromatic carbocycles. The van der Waals surface area contributed by atoms with Gasteiger partial charge in [0.2, 0.25) is 5.91 Å². The number of hydrogen-bond acceptors (Lipinski definition) is 4. The summed E-state index contributed by atoms with van der Waals surface area (Å²) in [5, 5.41) is 9.64. The number of nitrogens with one attached hydrogen (secondary N) is 2. The Hall–Kier alpha value is -1.40. The number of amides is 1. The molecule has 0 radical (unpaired) electrons. The highest BCUT2D eigenvalue weighted by Crippen LogP contribution is 2.16. The van der Waals surface area contributed by atoms with Crippen LogP contribution in [0.1, 0.15) is 24.7 Å². The summed E-state index contributed by atoms with van der Waals surface area (Å²) in [4.78, 5) is 11.8. The number of aromatic nitrogens is 2. The summed E-state index contributed by atoms with van der Waals surface area (Å²) in [5.74, 6) is -0.110. The van der Waals surface area contributed by atoms with Gasteiger partial charge in [-0.15, -0.1) is 0 Å². The zero-order valence-electron chi connectivity index (χ0n) is 10.5. The first-order valence-corrected chi connectivity index (χ1v) is 5.71. The second-order valence-electron chi connectivity index (χ2n) is 3.87. The van der Waals surface area contributed by atoms with Crippen LogP contribution in [0, 0.1) is 13.8 Å². The summed E-state index contributed by atoms with van der Waals surface area (Å²) >= 11 is 0. The van der Waals surface area contributed by atoms with Crippen LogP contribution in [0.3, 0.4) is 0 Å². The summed E-state index contributed by atoms with van der Waals surface area (Å²) in [5.41, 5.74) is 7.87. The molecule has 1 aromatic rings. The van der Waals surface area contributed by atoms with Gasteiger partial charge in [0.05, 0.1) is 29.6 Å². The van der Waals surface area contributed by atoms with Crippen molar-refractivity contribution >= 4 is 11.6 Å². The average Bonchev–Trinajstić information content (AvgIpc) is 2.60. The van der Waals surface area contributed by atoms with Gasteiger partial charge in [0.1, 0.15) is 0 Å². The van der Waals surface area contributed by atoms with E-state index in [2.05, 4.69) is 15.5 Å². The van der Waals surface area contributed by atoms with Gasteiger partial charge in [0.25, 0.3) is 0 Å². The van der Waals surface area contributed by atoms with Crippen LogP contribution in [0.4, 0.5) is 5.69 Å². The van der Waals surface area contributed by atoms with Crippen LogP contribution in [0.5, 0.6) is 0 Å². The van der Waals surface area contributed by atoms with Crippen LogP contribution >= 0.6 is 0 Å². The minimum Gasteiger partial charge on any atom is -0.377 e. The molecule has 17 heavy (non-hydrogen) atoms. The first kappa shape index (κ1) is 13.7. The second kappa shape index (κ2) is 6.36. The van der Waals surface area contributed by atoms with E-state index in [0.717, 1.165) is 17.1 Å². The van der Waals surface area contributed by atoms with Gasteiger partial charge in [-0.3, -0.25) is 9.89 Å². The maximum Gasteiger partial charge on any atom is 0.227 e. The number of carbonyl (C=O) groups is 1. The highest BCUT2D eigenvalue weighted by atomic mass is 16.5. The van der Waals surface area contributed by atoms with Crippen molar-refractivity contribution in [3.63, 3.8) is 0 Å². The number of nitrogens with two attached hydrogens (primary N) is 1. The first-order chi connectivity index (χ1) is 8.08. The van der Waals surface area contributed by atoms with Gasteiger partial charge >= 0.3 is 0 Å². The molecule has 0 saturated carbocycles. The van der Waals surface area contributed by atoms with Crippen molar-refractivity contribution in [2.45, 2.75) is 33.3 Å². The van der Waals surface area contributed by atoms with Crippen LogP contribution in [0.25, 0.3) is 0 Å². The normalized spacial score (nSPS) is 12.5. The fraction of sp³-hybridized carbons (Fsp3) is 0.636. The number of aryl methyl sites for hydroxylation is 2.